The van der Waals surface area contributed by atoms with Crippen LogP contribution in [-0.4, -0.2) is 45.3 Å². The number of ketones is 1. The number of Topliss-reactive ketones (excluding diaryl/α,β-unsaturated/α-hetero) is 1. The Labute approximate surface area is 126 Å². The molecule has 0 N–H and O–H groups in total. The molecule has 0 bridgehead atoms. The minimum Gasteiger partial charge on any atom is -0.381 e. The SMILES string of the molecule is CC(=O)c1cccc(S(=O)(=O)N(C)CC2CCOCC2)c1. The van der Waals surface area contributed by atoms with Gasteiger partial charge in [0.1, 0.15) is 0 Å². The number of hydrogen-bond donors (Lipinski definition) is 0. The van der Waals surface area contributed by atoms with Crippen LogP contribution in [0.25, 0.3) is 0 Å². The van der Waals surface area contributed by atoms with E-state index in [0.29, 0.717) is 31.2 Å². The first-order chi connectivity index (χ1) is 9.91. The van der Waals surface area contributed by atoms with E-state index in [0.717, 1.165) is 12.8 Å². The zero-order chi connectivity index (χ0) is 15.5. The van der Waals surface area contributed by atoms with Crippen molar-refractivity contribution in [3.8, 4) is 0 Å². The summed E-state index contributed by atoms with van der Waals surface area (Å²) < 4.78 is 31.8. The number of hydrogen-bond acceptors (Lipinski definition) is 4. The number of sulfonamides is 1. The highest BCUT2D eigenvalue weighted by molar-refractivity contribution is 7.89. The largest absolute Gasteiger partial charge is 0.381 e. The molecule has 0 aromatic heterocycles. The molecule has 116 valence electrons. The minimum atomic E-state index is -3.55. The van der Waals surface area contributed by atoms with Gasteiger partial charge in [-0.1, -0.05) is 12.1 Å². The molecule has 0 saturated carbocycles. The summed E-state index contributed by atoms with van der Waals surface area (Å²) in [6.07, 6.45) is 1.76. The van der Waals surface area contributed by atoms with Crippen molar-refractivity contribution in [3.63, 3.8) is 0 Å². The fourth-order valence-corrected chi connectivity index (χ4v) is 3.74. The van der Waals surface area contributed by atoms with Crippen LogP contribution < -0.4 is 0 Å². The molecule has 1 heterocycles. The van der Waals surface area contributed by atoms with Gasteiger partial charge in [-0.2, -0.15) is 0 Å². The zero-order valence-electron chi connectivity index (χ0n) is 12.4. The first-order valence-corrected chi connectivity index (χ1v) is 8.50. The fraction of sp³-hybridized carbons (Fsp3) is 0.533. The van der Waals surface area contributed by atoms with Crippen LogP contribution in [0, 0.1) is 5.92 Å². The number of carbonyl (C=O) groups is 1. The number of ether oxygens (including phenoxy) is 1. The van der Waals surface area contributed by atoms with E-state index in [-0.39, 0.29) is 10.7 Å². The van der Waals surface area contributed by atoms with Crippen molar-refractivity contribution in [2.75, 3.05) is 26.8 Å². The second-order valence-corrected chi connectivity index (χ2v) is 7.47. The first kappa shape index (κ1) is 16.1. The lowest BCUT2D eigenvalue weighted by atomic mass is 10.0. The van der Waals surface area contributed by atoms with Crippen LogP contribution in [0.4, 0.5) is 0 Å². The van der Waals surface area contributed by atoms with E-state index in [1.54, 1.807) is 19.2 Å². The molecule has 1 fully saturated rings. The topological polar surface area (TPSA) is 63.7 Å². The maximum absolute atomic E-state index is 12.6. The van der Waals surface area contributed by atoms with Gasteiger partial charge in [0.2, 0.25) is 10.0 Å². The van der Waals surface area contributed by atoms with E-state index in [4.69, 9.17) is 4.74 Å². The summed E-state index contributed by atoms with van der Waals surface area (Å²) in [5, 5.41) is 0. The van der Waals surface area contributed by atoms with Gasteiger partial charge < -0.3 is 4.74 Å². The molecule has 5 nitrogen and oxygen atoms in total. The monoisotopic (exact) mass is 311 g/mol. The summed E-state index contributed by atoms with van der Waals surface area (Å²) in [5.74, 6) is 0.189. The van der Waals surface area contributed by atoms with Gasteiger partial charge in [0.25, 0.3) is 0 Å². The van der Waals surface area contributed by atoms with Gasteiger partial charge in [0, 0.05) is 32.4 Å². The average Bonchev–Trinajstić information content (AvgIpc) is 2.48. The molecule has 1 aliphatic heterocycles. The molecule has 0 aliphatic carbocycles. The van der Waals surface area contributed by atoms with Crippen LogP contribution in [0.5, 0.6) is 0 Å². The molecule has 21 heavy (non-hydrogen) atoms. The fourth-order valence-electron chi connectivity index (χ4n) is 2.45. The highest BCUT2D eigenvalue weighted by Gasteiger charge is 2.25. The number of carbonyl (C=O) groups excluding carboxylic acids is 1. The summed E-state index contributed by atoms with van der Waals surface area (Å²) >= 11 is 0. The lowest BCUT2D eigenvalue weighted by Gasteiger charge is -2.26. The minimum absolute atomic E-state index is 0.140. The van der Waals surface area contributed by atoms with Gasteiger partial charge >= 0.3 is 0 Å². The molecular weight excluding hydrogens is 290 g/mol. The number of benzene rings is 1. The van der Waals surface area contributed by atoms with E-state index >= 15 is 0 Å². The molecule has 0 unspecified atom stereocenters. The van der Waals surface area contributed by atoms with Crippen molar-refractivity contribution in [2.24, 2.45) is 5.92 Å². The number of rotatable bonds is 5. The third-order valence-electron chi connectivity index (χ3n) is 3.80. The van der Waals surface area contributed by atoms with Crippen molar-refractivity contribution in [1.29, 1.82) is 0 Å². The van der Waals surface area contributed by atoms with Crippen LogP contribution in [0.2, 0.25) is 0 Å². The van der Waals surface area contributed by atoms with E-state index < -0.39 is 10.0 Å². The summed E-state index contributed by atoms with van der Waals surface area (Å²) in [7, 11) is -1.97. The number of nitrogens with zero attached hydrogens (tertiary/aromatic N) is 1. The average molecular weight is 311 g/mol. The lowest BCUT2D eigenvalue weighted by Crippen LogP contribution is -2.34. The van der Waals surface area contributed by atoms with E-state index in [1.807, 2.05) is 0 Å². The molecule has 1 aromatic carbocycles. The Balaban J connectivity index is 2.16. The second-order valence-electron chi connectivity index (χ2n) is 5.43. The molecule has 0 atom stereocenters. The van der Waals surface area contributed by atoms with Crippen LogP contribution in [0.15, 0.2) is 29.2 Å². The van der Waals surface area contributed by atoms with Gasteiger partial charge in [-0.15, -0.1) is 0 Å². The predicted molar refractivity (Wildman–Crippen MR) is 79.8 cm³/mol. The van der Waals surface area contributed by atoms with Crippen LogP contribution in [-0.2, 0) is 14.8 Å². The van der Waals surface area contributed by atoms with Gasteiger partial charge in [-0.05, 0) is 37.8 Å². The highest BCUT2D eigenvalue weighted by Crippen LogP contribution is 2.21. The lowest BCUT2D eigenvalue weighted by molar-refractivity contribution is 0.0620. The Bertz CT molecular complexity index is 606. The Morgan fingerprint density at radius 1 is 1.33 bits per heavy atom. The Morgan fingerprint density at radius 3 is 2.62 bits per heavy atom. The highest BCUT2D eigenvalue weighted by atomic mass is 32.2. The Hall–Kier alpha value is -1.24. The van der Waals surface area contributed by atoms with Crippen molar-refractivity contribution in [2.45, 2.75) is 24.7 Å². The smallest absolute Gasteiger partial charge is 0.242 e. The molecule has 0 radical (unpaired) electrons. The van der Waals surface area contributed by atoms with Crippen LogP contribution >= 0.6 is 0 Å². The van der Waals surface area contributed by atoms with Gasteiger partial charge in [0.15, 0.2) is 5.78 Å². The van der Waals surface area contributed by atoms with Crippen molar-refractivity contribution < 1.29 is 17.9 Å². The van der Waals surface area contributed by atoms with Crippen molar-refractivity contribution in [3.05, 3.63) is 29.8 Å². The van der Waals surface area contributed by atoms with E-state index in [9.17, 15) is 13.2 Å². The third-order valence-corrected chi connectivity index (χ3v) is 5.62. The van der Waals surface area contributed by atoms with E-state index in [1.165, 1.54) is 23.4 Å². The van der Waals surface area contributed by atoms with Gasteiger partial charge in [0.05, 0.1) is 4.90 Å². The molecule has 1 aromatic rings. The molecule has 1 saturated heterocycles. The summed E-state index contributed by atoms with van der Waals surface area (Å²) in [5.41, 5.74) is 0.413. The molecule has 1 aliphatic rings. The molecular formula is C15H21NO4S. The standard InChI is InChI=1S/C15H21NO4S/c1-12(17)14-4-3-5-15(10-14)21(18,19)16(2)11-13-6-8-20-9-7-13/h3-5,10,13H,6-9,11H2,1-2H3. The Morgan fingerprint density at radius 2 is 2.00 bits per heavy atom. The van der Waals surface area contributed by atoms with Crippen LogP contribution in [0.3, 0.4) is 0 Å². The maximum Gasteiger partial charge on any atom is 0.242 e. The summed E-state index contributed by atoms with van der Waals surface area (Å²) in [6, 6.07) is 6.20. The Kier molecular flexibility index (Phi) is 5.13. The second kappa shape index (κ2) is 6.68. The predicted octanol–water partition coefficient (Wildman–Crippen LogP) is 1.94. The molecule has 0 amide bonds. The van der Waals surface area contributed by atoms with Gasteiger partial charge in [-0.25, -0.2) is 12.7 Å². The third kappa shape index (κ3) is 3.90. The summed E-state index contributed by atoms with van der Waals surface area (Å²) in [6.45, 7) is 3.30. The van der Waals surface area contributed by atoms with E-state index in [2.05, 4.69) is 0 Å². The van der Waals surface area contributed by atoms with Crippen molar-refractivity contribution >= 4 is 15.8 Å². The van der Waals surface area contributed by atoms with Crippen LogP contribution in [0.1, 0.15) is 30.1 Å². The normalized spacial score (nSPS) is 17.1. The quantitative estimate of drug-likeness (QED) is 0.780. The first-order valence-electron chi connectivity index (χ1n) is 7.06. The van der Waals surface area contributed by atoms with Gasteiger partial charge in [-0.3, -0.25) is 4.79 Å². The molecule has 0 spiro atoms. The summed E-state index contributed by atoms with van der Waals surface area (Å²) in [4.78, 5) is 11.6. The molecule has 6 heteroatoms. The zero-order valence-corrected chi connectivity index (χ0v) is 13.2. The molecule has 2 rings (SSSR count). The maximum atomic E-state index is 12.6. The van der Waals surface area contributed by atoms with Crippen molar-refractivity contribution in [1.82, 2.24) is 4.31 Å².